The van der Waals surface area contributed by atoms with Gasteiger partial charge in [-0.05, 0) is 20.8 Å². The van der Waals surface area contributed by atoms with E-state index in [0.717, 1.165) is 6.42 Å². The van der Waals surface area contributed by atoms with E-state index < -0.39 is 5.97 Å². The number of Topliss-reactive ketones (excluding diaryl/α,β-unsaturated/α-hetero) is 1. The zero-order chi connectivity index (χ0) is 8.15. The van der Waals surface area contributed by atoms with Gasteiger partial charge in [-0.1, -0.05) is 0 Å². The normalized spacial score (nSPS) is 9.60. The molecule has 0 bridgehead atoms. The molecule has 0 spiro atoms. The van der Waals surface area contributed by atoms with Crippen molar-refractivity contribution in [3.05, 3.63) is 6.42 Å². The first kappa shape index (κ1) is 9.14. The molecule has 0 aromatic heterocycles. The highest BCUT2D eigenvalue weighted by molar-refractivity contribution is 6.05. The van der Waals surface area contributed by atoms with Crippen molar-refractivity contribution in [2.24, 2.45) is 0 Å². The van der Waals surface area contributed by atoms with Gasteiger partial charge in [-0.15, -0.1) is 0 Å². The second kappa shape index (κ2) is 4.04. The molecule has 57 valence electrons. The molecule has 0 fully saturated rings. The van der Waals surface area contributed by atoms with E-state index in [1.54, 1.807) is 13.8 Å². The smallest absolute Gasteiger partial charge is 0.318 e. The molecule has 1 radical (unpaired) electrons. The number of ether oxygens (including phenoxy) is 1. The fourth-order valence-corrected chi connectivity index (χ4v) is 0.432. The number of hydrogen-bond acceptors (Lipinski definition) is 3. The minimum absolute atomic E-state index is 0.164. The summed E-state index contributed by atoms with van der Waals surface area (Å²) in [6, 6.07) is 0. The Bertz CT molecular complexity index is 138. The molecule has 0 aromatic carbocycles. The first-order valence-corrected chi connectivity index (χ1v) is 3.08. The number of rotatable bonds is 3. The zero-order valence-corrected chi connectivity index (χ0v) is 6.38. The van der Waals surface area contributed by atoms with E-state index in [1.165, 1.54) is 6.92 Å². The number of hydrogen-bond donors (Lipinski definition) is 0. The van der Waals surface area contributed by atoms with E-state index in [0.29, 0.717) is 0 Å². The van der Waals surface area contributed by atoms with Crippen molar-refractivity contribution in [2.45, 2.75) is 26.9 Å². The first-order valence-electron chi connectivity index (χ1n) is 3.08. The Morgan fingerprint density at radius 3 is 2.20 bits per heavy atom. The van der Waals surface area contributed by atoms with Crippen LogP contribution in [0.5, 0.6) is 0 Å². The number of ketones is 1. The van der Waals surface area contributed by atoms with Gasteiger partial charge in [0.1, 0.15) is 12.2 Å². The largest absolute Gasteiger partial charge is 0.462 e. The van der Waals surface area contributed by atoms with Crippen LogP contribution in [0.25, 0.3) is 0 Å². The standard InChI is InChI=1S/C7H11O3/c1-5(2)10-7(9)4-6(3)8/h4-5H,1-3H3. The summed E-state index contributed by atoms with van der Waals surface area (Å²) in [5, 5.41) is 0. The van der Waals surface area contributed by atoms with Crippen molar-refractivity contribution in [1.82, 2.24) is 0 Å². The molecule has 3 nitrogen and oxygen atoms in total. The summed E-state index contributed by atoms with van der Waals surface area (Å²) >= 11 is 0. The average Bonchev–Trinajstić information content (AvgIpc) is 1.58. The lowest BCUT2D eigenvalue weighted by molar-refractivity contribution is -0.144. The molecule has 0 atom stereocenters. The maximum absolute atomic E-state index is 10.6. The average molecular weight is 143 g/mol. The van der Waals surface area contributed by atoms with Crippen molar-refractivity contribution in [2.75, 3.05) is 0 Å². The van der Waals surface area contributed by atoms with Crippen LogP contribution in [-0.4, -0.2) is 17.9 Å². The second-order valence-corrected chi connectivity index (χ2v) is 2.24. The number of esters is 1. The summed E-state index contributed by atoms with van der Waals surface area (Å²) in [6.07, 6.45) is 0.767. The molecular weight excluding hydrogens is 132 g/mol. The van der Waals surface area contributed by atoms with Gasteiger partial charge in [-0.25, -0.2) is 0 Å². The van der Waals surface area contributed by atoms with Crippen LogP contribution in [0, 0.1) is 6.42 Å². The quantitative estimate of drug-likeness (QED) is 0.432. The van der Waals surface area contributed by atoms with Gasteiger partial charge in [0.25, 0.3) is 0 Å². The Balaban J connectivity index is 3.54. The summed E-state index contributed by atoms with van der Waals surface area (Å²) in [5.74, 6) is -0.854. The minimum Gasteiger partial charge on any atom is -0.462 e. The number of carbonyl (C=O) groups is 2. The fraction of sp³-hybridized carbons (Fsp3) is 0.571. The lowest BCUT2D eigenvalue weighted by Gasteiger charge is -2.04. The third-order valence-electron chi connectivity index (χ3n) is 0.673. The van der Waals surface area contributed by atoms with E-state index in [-0.39, 0.29) is 11.9 Å². The Hall–Kier alpha value is -0.860. The van der Waals surface area contributed by atoms with Crippen LogP contribution in [0.2, 0.25) is 0 Å². The minimum atomic E-state index is -0.567. The molecule has 0 aliphatic carbocycles. The fourth-order valence-electron chi connectivity index (χ4n) is 0.432. The molecule has 0 unspecified atom stereocenters. The van der Waals surface area contributed by atoms with E-state index in [4.69, 9.17) is 0 Å². The third-order valence-corrected chi connectivity index (χ3v) is 0.673. The van der Waals surface area contributed by atoms with Gasteiger partial charge in [-0.3, -0.25) is 9.59 Å². The first-order chi connectivity index (χ1) is 4.52. The highest BCUT2D eigenvalue weighted by atomic mass is 16.5. The highest BCUT2D eigenvalue weighted by Crippen LogP contribution is 1.92. The van der Waals surface area contributed by atoms with Crippen molar-refractivity contribution in [3.63, 3.8) is 0 Å². The molecule has 0 saturated heterocycles. The molecule has 0 aliphatic heterocycles. The van der Waals surface area contributed by atoms with E-state index in [2.05, 4.69) is 4.74 Å². The SMILES string of the molecule is CC(=O)[CH]C(=O)OC(C)C. The van der Waals surface area contributed by atoms with Gasteiger partial charge in [0.15, 0.2) is 0 Å². The molecule has 0 rings (SSSR count). The van der Waals surface area contributed by atoms with E-state index >= 15 is 0 Å². The van der Waals surface area contributed by atoms with Crippen LogP contribution in [0.4, 0.5) is 0 Å². The van der Waals surface area contributed by atoms with Gasteiger partial charge >= 0.3 is 5.97 Å². The molecule has 0 amide bonds. The summed E-state index contributed by atoms with van der Waals surface area (Å²) in [5.41, 5.74) is 0. The van der Waals surface area contributed by atoms with Crippen LogP contribution in [0.1, 0.15) is 20.8 Å². The monoisotopic (exact) mass is 143 g/mol. The Kier molecular flexibility index (Phi) is 3.69. The predicted octanol–water partition coefficient (Wildman–Crippen LogP) is 0.731. The molecular formula is C7H11O3. The summed E-state index contributed by atoms with van der Waals surface area (Å²) in [4.78, 5) is 20.8. The number of carbonyl (C=O) groups excluding carboxylic acids is 2. The Morgan fingerprint density at radius 1 is 1.40 bits per heavy atom. The van der Waals surface area contributed by atoms with Gasteiger partial charge < -0.3 is 4.74 Å². The van der Waals surface area contributed by atoms with Gasteiger partial charge in [-0.2, -0.15) is 0 Å². The summed E-state index contributed by atoms with van der Waals surface area (Å²) in [7, 11) is 0. The highest BCUT2D eigenvalue weighted by Gasteiger charge is 2.07. The zero-order valence-electron chi connectivity index (χ0n) is 6.38. The van der Waals surface area contributed by atoms with Crippen LogP contribution in [-0.2, 0) is 14.3 Å². The van der Waals surface area contributed by atoms with Crippen LogP contribution >= 0.6 is 0 Å². The van der Waals surface area contributed by atoms with Crippen molar-refractivity contribution >= 4 is 11.8 Å². The summed E-state index contributed by atoms with van der Waals surface area (Å²) in [6.45, 7) is 4.76. The van der Waals surface area contributed by atoms with Crippen LogP contribution in [0.15, 0.2) is 0 Å². The van der Waals surface area contributed by atoms with Crippen molar-refractivity contribution in [1.29, 1.82) is 0 Å². The second-order valence-electron chi connectivity index (χ2n) is 2.24. The Labute approximate surface area is 60.4 Å². The molecule has 3 heteroatoms. The molecule has 0 N–H and O–H groups in total. The molecule has 0 aliphatic rings. The predicted molar refractivity (Wildman–Crippen MR) is 36.2 cm³/mol. The molecule has 0 heterocycles. The topological polar surface area (TPSA) is 43.4 Å². The van der Waals surface area contributed by atoms with Crippen molar-refractivity contribution in [3.8, 4) is 0 Å². The Morgan fingerprint density at radius 2 is 1.90 bits per heavy atom. The third kappa shape index (κ3) is 5.28. The molecule has 10 heavy (non-hydrogen) atoms. The maximum atomic E-state index is 10.6. The van der Waals surface area contributed by atoms with E-state index in [1.807, 2.05) is 0 Å². The lowest BCUT2D eigenvalue weighted by Crippen LogP contribution is -2.14. The van der Waals surface area contributed by atoms with Gasteiger partial charge in [0.2, 0.25) is 0 Å². The van der Waals surface area contributed by atoms with Gasteiger partial charge in [0, 0.05) is 0 Å². The van der Waals surface area contributed by atoms with Crippen molar-refractivity contribution < 1.29 is 14.3 Å². The van der Waals surface area contributed by atoms with Crippen LogP contribution in [0.3, 0.4) is 0 Å². The van der Waals surface area contributed by atoms with E-state index in [9.17, 15) is 9.59 Å². The maximum Gasteiger partial charge on any atom is 0.318 e. The van der Waals surface area contributed by atoms with Gasteiger partial charge in [0.05, 0.1) is 6.10 Å². The molecule has 0 saturated carbocycles. The molecule has 0 aromatic rings. The lowest BCUT2D eigenvalue weighted by atomic mass is 10.3. The summed E-state index contributed by atoms with van der Waals surface area (Å²) < 4.78 is 4.65. The van der Waals surface area contributed by atoms with Crippen LogP contribution < -0.4 is 0 Å².